The van der Waals surface area contributed by atoms with E-state index in [0.717, 1.165) is 0 Å². The summed E-state index contributed by atoms with van der Waals surface area (Å²) in [5.74, 6) is -8.71. The van der Waals surface area contributed by atoms with Crippen LogP contribution in [0.15, 0.2) is 0 Å². The van der Waals surface area contributed by atoms with Gasteiger partial charge in [0.1, 0.15) is 6.54 Å². The summed E-state index contributed by atoms with van der Waals surface area (Å²) in [6.07, 6.45) is -11.2. The van der Waals surface area contributed by atoms with E-state index in [1.54, 1.807) is 0 Å². The standard InChI is InChI=1S/C9H11F8NO/c1-2-3-4-18(5-7(10,11)12)6(19)8(13,14)9(15,16)17/h2-5H2,1H3. The maximum absolute atomic E-state index is 12.7. The molecule has 0 aromatic carbocycles. The van der Waals surface area contributed by atoms with E-state index >= 15 is 0 Å². The van der Waals surface area contributed by atoms with Crippen LogP contribution in [0.25, 0.3) is 0 Å². The van der Waals surface area contributed by atoms with Crippen LogP contribution in [0, 0.1) is 0 Å². The molecule has 0 atom stereocenters. The zero-order valence-corrected chi connectivity index (χ0v) is 9.71. The highest BCUT2D eigenvalue weighted by atomic mass is 19.4. The Balaban J connectivity index is 5.10. The highest BCUT2D eigenvalue weighted by molar-refractivity contribution is 5.84. The number of carbonyl (C=O) groups excluding carboxylic acids is 1. The summed E-state index contributed by atoms with van der Waals surface area (Å²) in [5.41, 5.74) is 0. The molecule has 0 rings (SSSR count). The fourth-order valence-electron chi connectivity index (χ4n) is 1.14. The van der Waals surface area contributed by atoms with Gasteiger partial charge >= 0.3 is 24.2 Å². The number of hydrogen-bond acceptors (Lipinski definition) is 1. The molecule has 0 spiro atoms. The van der Waals surface area contributed by atoms with Crippen molar-refractivity contribution in [2.24, 2.45) is 0 Å². The maximum Gasteiger partial charge on any atom is 0.463 e. The smallest absolute Gasteiger partial charge is 0.328 e. The van der Waals surface area contributed by atoms with Gasteiger partial charge in [0.25, 0.3) is 0 Å². The van der Waals surface area contributed by atoms with Gasteiger partial charge in [-0.2, -0.15) is 35.1 Å². The first-order chi connectivity index (χ1) is 8.33. The SMILES string of the molecule is CCCCN(CC(F)(F)F)C(=O)C(F)(F)C(F)(F)F. The van der Waals surface area contributed by atoms with E-state index in [4.69, 9.17) is 0 Å². The van der Waals surface area contributed by atoms with Gasteiger partial charge in [0.05, 0.1) is 0 Å². The van der Waals surface area contributed by atoms with Crippen LogP contribution < -0.4 is 0 Å². The summed E-state index contributed by atoms with van der Waals surface area (Å²) < 4.78 is 97.3. The number of rotatable bonds is 5. The van der Waals surface area contributed by atoms with E-state index in [9.17, 15) is 39.9 Å². The minimum absolute atomic E-state index is 0.115. The van der Waals surface area contributed by atoms with Crippen LogP contribution in [0.1, 0.15) is 19.8 Å². The molecule has 0 heterocycles. The first-order valence-electron chi connectivity index (χ1n) is 5.13. The van der Waals surface area contributed by atoms with Gasteiger partial charge in [-0.15, -0.1) is 0 Å². The molecular weight excluding hydrogens is 290 g/mol. The van der Waals surface area contributed by atoms with Gasteiger partial charge in [0, 0.05) is 6.54 Å². The lowest BCUT2D eigenvalue weighted by molar-refractivity contribution is -0.276. The zero-order chi connectivity index (χ0) is 15.5. The number of amides is 1. The van der Waals surface area contributed by atoms with Crippen molar-refractivity contribution in [3.8, 4) is 0 Å². The first kappa shape index (κ1) is 17.9. The van der Waals surface area contributed by atoms with E-state index in [1.807, 2.05) is 0 Å². The minimum Gasteiger partial charge on any atom is -0.328 e. The number of alkyl halides is 8. The van der Waals surface area contributed by atoms with Crippen molar-refractivity contribution in [1.29, 1.82) is 0 Å². The van der Waals surface area contributed by atoms with Gasteiger partial charge in [0.15, 0.2) is 0 Å². The number of halogens is 8. The molecule has 0 fully saturated rings. The molecule has 0 aromatic heterocycles. The third-order valence-electron chi connectivity index (χ3n) is 2.06. The summed E-state index contributed by atoms with van der Waals surface area (Å²) >= 11 is 0. The van der Waals surface area contributed by atoms with Gasteiger partial charge in [-0.25, -0.2) is 0 Å². The largest absolute Gasteiger partial charge is 0.463 e. The lowest BCUT2D eigenvalue weighted by Crippen LogP contribution is -2.54. The molecule has 0 N–H and O–H groups in total. The van der Waals surface area contributed by atoms with Crippen LogP contribution in [0.2, 0.25) is 0 Å². The van der Waals surface area contributed by atoms with Crippen molar-refractivity contribution < 1.29 is 39.9 Å². The van der Waals surface area contributed by atoms with Crippen LogP contribution in [0.5, 0.6) is 0 Å². The second-order valence-electron chi connectivity index (χ2n) is 3.77. The molecule has 0 saturated carbocycles. The van der Waals surface area contributed by atoms with E-state index in [1.165, 1.54) is 6.92 Å². The Kier molecular flexibility index (Phi) is 5.57. The van der Waals surface area contributed by atoms with Crippen molar-refractivity contribution in [3.63, 3.8) is 0 Å². The summed E-state index contributed by atoms with van der Waals surface area (Å²) in [5, 5.41) is 0. The van der Waals surface area contributed by atoms with Crippen molar-refractivity contribution in [3.05, 3.63) is 0 Å². The number of unbranched alkanes of at least 4 members (excludes halogenated alkanes) is 1. The molecule has 0 bridgehead atoms. The van der Waals surface area contributed by atoms with E-state index < -0.39 is 42.2 Å². The summed E-state index contributed by atoms with van der Waals surface area (Å²) in [6.45, 7) is -1.48. The van der Waals surface area contributed by atoms with Crippen molar-refractivity contribution >= 4 is 5.91 Å². The molecule has 19 heavy (non-hydrogen) atoms. The number of nitrogens with zero attached hydrogens (tertiary/aromatic N) is 1. The lowest BCUT2D eigenvalue weighted by atomic mass is 10.2. The molecule has 0 saturated heterocycles. The molecular formula is C9H11F8NO. The van der Waals surface area contributed by atoms with Gasteiger partial charge in [-0.1, -0.05) is 13.3 Å². The summed E-state index contributed by atoms with van der Waals surface area (Å²) in [7, 11) is 0. The van der Waals surface area contributed by atoms with E-state index in [-0.39, 0.29) is 12.8 Å². The fraction of sp³-hybridized carbons (Fsp3) is 0.889. The average Bonchev–Trinajstić information content (AvgIpc) is 2.19. The molecule has 2 nitrogen and oxygen atoms in total. The van der Waals surface area contributed by atoms with Gasteiger partial charge < -0.3 is 4.90 Å². The van der Waals surface area contributed by atoms with E-state index in [2.05, 4.69) is 0 Å². The Morgan fingerprint density at radius 3 is 1.79 bits per heavy atom. The highest BCUT2D eigenvalue weighted by Crippen LogP contribution is 2.37. The quantitative estimate of drug-likeness (QED) is 0.713. The molecule has 0 radical (unpaired) electrons. The molecule has 114 valence electrons. The first-order valence-corrected chi connectivity index (χ1v) is 5.13. The number of carbonyl (C=O) groups is 1. The van der Waals surface area contributed by atoms with Crippen LogP contribution >= 0.6 is 0 Å². The molecule has 0 aliphatic heterocycles. The normalized spacial score (nSPS) is 13.5. The third kappa shape index (κ3) is 5.19. The van der Waals surface area contributed by atoms with Crippen LogP contribution in [0.3, 0.4) is 0 Å². The Morgan fingerprint density at radius 2 is 1.47 bits per heavy atom. The van der Waals surface area contributed by atoms with E-state index in [0.29, 0.717) is 0 Å². The maximum atomic E-state index is 12.7. The Morgan fingerprint density at radius 1 is 1.00 bits per heavy atom. The topological polar surface area (TPSA) is 20.3 Å². The monoisotopic (exact) mass is 301 g/mol. The number of hydrogen-bond donors (Lipinski definition) is 0. The second kappa shape index (κ2) is 5.91. The predicted molar refractivity (Wildman–Crippen MR) is 48.5 cm³/mol. The highest BCUT2D eigenvalue weighted by Gasteiger charge is 2.65. The zero-order valence-electron chi connectivity index (χ0n) is 9.71. The van der Waals surface area contributed by atoms with Crippen molar-refractivity contribution in [1.82, 2.24) is 4.90 Å². The molecule has 0 unspecified atom stereocenters. The Hall–Kier alpha value is -1.09. The molecule has 0 aliphatic rings. The molecule has 0 aromatic rings. The summed E-state index contributed by atoms with van der Waals surface area (Å²) in [6, 6.07) is 0. The van der Waals surface area contributed by atoms with Crippen molar-refractivity contribution in [2.45, 2.75) is 38.0 Å². The predicted octanol–water partition coefficient (Wildman–Crippen LogP) is 3.38. The van der Waals surface area contributed by atoms with Crippen LogP contribution in [-0.4, -0.2) is 42.2 Å². The molecule has 10 heteroatoms. The minimum atomic E-state index is -6.22. The van der Waals surface area contributed by atoms with Gasteiger partial charge in [0.2, 0.25) is 0 Å². The van der Waals surface area contributed by atoms with Crippen LogP contribution in [0.4, 0.5) is 35.1 Å². The third-order valence-corrected chi connectivity index (χ3v) is 2.06. The average molecular weight is 301 g/mol. The van der Waals surface area contributed by atoms with Gasteiger partial charge in [-0.3, -0.25) is 4.79 Å². The lowest BCUT2D eigenvalue weighted by Gasteiger charge is -2.28. The summed E-state index contributed by atoms with van der Waals surface area (Å²) in [4.78, 5) is 10.4. The Bertz CT molecular complexity index is 308. The fourth-order valence-corrected chi connectivity index (χ4v) is 1.14. The van der Waals surface area contributed by atoms with Crippen LogP contribution in [-0.2, 0) is 4.79 Å². The van der Waals surface area contributed by atoms with Crippen molar-refractivity contribution in [2.75, 3.05) is 13.1 Å². The van der Waals surface area contributed by atoms with Gasteiger partial charge in [-0.05, 0) is 6.42 Å². The Labute approximate surface area is 103 Å². The second-order valence-corrected chi connectivity index (χ2v) is 3.77. The molecule has 1 amide bonds. The molecule has 0 aliphatic carbocycles.